The summed E-state index contributed by atoms with van der Waals surface area (Å²) >= 11 is 0. The Morgan fingerprint density at radius 1 is 1.36 bits per heavy atom. The Morgan fingerprint density at radius 3 is 2.82 bits per heavy atom. The first kappa shape index (κ1) is 17.2. The lowest BCUT2D eigenvalue weighted by Gasteiger charge is -2.42. The number of carbonyl (C=O) groups is 2. The molecule has 0 aliphatic carbocycles. The SMILES string of the molecule is COCCC[C@]1(CO)CCCN(C(=O)CN2CCCC2=O)C1. The Kier molecular flexibility index (Phi) is 6.20. The summed E-state index contributed by atoms with van der Waals surface area (Å²) in [6.07, 6.45) is 5.02. The number of nitrogens with zero attached hydrogens (tertiary/aromatic N) is 2. The van der Waals surface area contributed by atoms with Crippen molar-refractivity contribution in [1.29, 1.82) is 0 Å². The molecule has 6 heteroatoms. The molecule has 0 spiro atoms. The molecule has 22 heavy (non-hydrogen) atoms. The molecule has 2 rings (SSSR count). The van der Waals surface area contributed by atoms with Gasteiger partial charge in [0.25, 0.3) is 0 Å². The molecule has 6 nitrogen and oxygen atoms in total. The van der Waals surface area contributed by atoms with Gasteiger partial charge in [-0.1, -0.05) is 0 Å². The number of aliphatic hydroxyl groups is 1. The van der Waals surface area contributed by atoms with E-state index >= 15 is 0 Å². The van der Waals surface area contributed by atoms with Crippen molar-refractivity contribution >= 4 is 11.8 Å². The monoisotopic (exact) mass is 312 g/mol. The van der Waals surface area contributed by atoms with Gasteiger partial charge in [0.05, 0.1) is 13.2 Å². The maximum absolute atomic E-state index is 12.5. The Bertz CT molecular complexity index is 402. The summed E-state index contributed by atoms with van der Waals surface area (Å²) in [5.74, 6) is 0.0957. The molecule has 2 amide bonds. The van der Waals surface area contributed by atoms with Gasteiger partial charge in [-0.15, -0.1) is 0 Å². The fraction of sp³-hybridized carbons (Fsp3) is 0.875. The molecule has 2 aliphatic heterocycles. The van der Waals surface area contributed by atoms with Crippen molar-refractivity contribution in [2.45, 2.75) is 38.5 Å². The van der Waals surface area contributed by atoms with Crippen LogP contribution in [-0.2, 0) is 14.3 Å². The molecular formula is C16H28N2O4. The van der Waals surface area contributed by atoms with Crippen molar-refractivity contribution < 1.29 is 19.4 Å². The normalized spacial score (nSPS) is 25.8. The van der Waals surface area contributed by atoms with E-state index < -0.39 is 0 Å². The minimum absolute atomic E-state index is 0.0134. The van der Waals surface area contributed by atoms with Gasteiger partial charge in [0, 0.05) is 45.2 Å². The van der Waals surface area contributed by atoms with Gasteiger partial charge in [-0.2, -0.15) is 0 Å². The van der Waals surface area contributed by atoms with Crippen molar-refractivity contribution in [3.05, 3.63) is 0 Å². The van der Waals surface area contributed by atoms with Crippen LogP contribution < -0.4 is 0 Å². The first-order chi connectivity index (χ1) is 10.6. The zero-order valence-electron chi connectivity index (χ0n) is 13.6. The summed E-state index contributed by atoms with van der Waals surface area (Å²) in [4.78, 5) is 27.6. The Balaban J connectivity index is 1.90. The second kappa shape index (κ2) is 7.92. The average molecular weight is 312 g/mol. The lowest BCUT2D eigenvalue weighted by Crippen LogP contribution is -2.50. The van der Waals surface area contributed by atoms with Crippen LogP contribution >= 0.6 is 0 Å². The van der Waals surface area contributed by atoms with Crippen LogP contribution in [0.4, 0.5) is 0 Å². The van der Waals surface area contributed by atoms with Gasteiger partial charge in [0.1, 0.15) is 0 Å². The maximum Gasteiger partial charge on any atom is 0.242 e. The van der Waals surface area contributed by atoms with Crippen molar-refractivity contribution in [2.24, 2.45) is 5.41 Å². The van der Waals surface area contributed by atoms with E-state index in [1.165, 1.54) is 0 Å². The first-order valence-corrected chi connectivity index (χ1v) is 8.25. The molecule has 0 aromatic carbocycles. The van der Waals surface area contributed by atoms with Crippen LogP contribution in [0.2, 0.25) is 0 Å². The first-order valence-electron chi connectivity index (χ1n) is 8.25. The predicted molar refractivity (Wildman–Crippen MR) is 82.3 cm³/mol. The summed E-state index contributed by atoms with van der Waals surface area (Å²) in [5, 5.41) is 9.82. The number of aliphatic hydroxyl groups excluding tert-OH is 1. The van der Waals surface area contributed by atoms with Gasteiger partial charge in [-0.05, 0) is 32.1 Å². The molecule has 0 aromatic heterocycles. The Labute approximate surface area is 132 Å². The fourth-order valence-electron chi connectivity index (χ4n) is 3.56. The van der Waals surface area contributed by atoms with E-state index in [1.54, 1.807) is 12.0 Å². The number of ether oxygens (including phenoxy) is 1. The Morgan fingerprint density at radius 2 is 2.18 bits per heavy atom. The number of amides is 2. The van der Waals surface area contributed by atoms with Crippen LogP contribution in [0, 0.1) is 5.41 Å². The molecule has 0 aromatic rings. The van der Waals surface area contributed by atoms with E-state index in [9.17, 15) is 14.7 Å². The number of hydrogen-bond acceptors (Lipinski definition) is 4. The van der Waals surface area contributed by atoms with E-state index in [0.717, 1.165) is 38.6 Å². The summed E-state index contributed by atoms with van der Waals surface area (Å²) in [7, 11) is 1.68. The molecule has 1 atom stereocenters. The molecule has 2 saturated heterocycles. The van der Waals surface area contributed by atoms with E-state index in [-0.39, 0.29) is 30.4 Å². The van der Waals surface area contributed by atoms with Crippen molar-refractivity contribution in [3.63, 3.8) is 0 Å². The third-order valence-corrected chi connectivity index (χ3v) is 4.90. The van der Waals surface area contributed by atoms with Gasteiger partial charge in [-0.25, -0.2) is 0 Å². The van der Waals surface area contributed by atoms with Crippen LogP contribution in [0.3, 0.4) is 0 Å². The van der Waals surface area contributed by atoms with E-state index in [1.807, 2.05) is 4.90 Å². The smallest absolute Gasteiger partial charge is 0.242 e. The van der Waals surface area contributed by atoms with E-state index in [0.29, 0.717) is 26.1 Å². The summed E-state index contributed by atoms with van der Waals surface area (Å²) < 4.78 is 5.09. The van der Waals surface area contributed by atoms with Crippen molar-refractivity contribution in [3.8, 4) is 0 Å². The predicted octanol–water partition coefficient (Wildman–Crippen LogP) is 0.637. The number of piperidine rings is 1. The maximum atomic E-state index is 12.5. The highest BCUT2D eigenvalue weighted by molar-refractivity contribution is 5.86. The third kappa shape index (κ3) is 4.20. The lowest BCUT2D eigenvalue weighted by molar-refractivity contribution is -0.141. The van der Waals surface area contributed by atoms with Crippen LogP contribution in [0.25, 0.3) is 0 Å². The molecule has 2 heterocycles. The lowest BCUT2D eigenvalue weighted by atomic mass is 9.77. The fourth-order valence-corrected chi connectivity index (χ4v) is 3.56. The average Bonchev–Trinajstić information content (AvgIpc) is 2.93. The van der Waals surface area contributed by atoms with Crippen LogP contribution in [0.5, 0.6) is 0 Å². The summed E-state index contributed by atoms with van der Waals surface area (Å²) in [6.45, 7) is 2.98. The molecule has 2 fully saturated rings. The van der Waals surface area contributed by atoms with E-state index in [2.05, 4.69) is 0 Å². The van der Waals surface area contributed by atoms with Gasteiger partial charge in [-0.3, -0.25) is 9.59 Å². The van der Waals surface area contributed by atoms with Gasteiger partial charge < -0.3 is 19.6 Å². The van der Waals surface area contributed by atoms with Crippen LogP contribution in [-0.4, -0.2) is 73.2 Å². The topological polar surface area (TPSA) is 70.1 Å². The number of carbonyl (C=O) groups excluding carboxylic acids is 2. The highest BCUT2D eigenvalue weighted by Crippen LogP contribution is 2.34. The second-order valence-electron chi connectivity index (χ2n) is 6.59. The molecule has 0 saturated carbocycles. The number of hydrogen-bond donors (Lipinski definition) is 1. The number of likely N-dealkylation sites (tertiary alicyclic amines) is 2. The van der Waals surface area contributed by atoms with Gasteiger partial charge in [0.15, 0.2) is 0 Å². The largest absolute Gasteiger partial charge is 0.396 e. The minimum Gasteiger partial charge on any atom is -0.396 e. The molecule has 0 unspecified atom stereocenters. The second-order valence-corrected chi connectivity index (χ2v) is 6.59. The quantitative estimate of drug-likeness (QED) is 0.700. The minimum atomic E-state index is -0.207. The molecule has 2 aliphatic rings. The molecule has 0 radical (unpaired) electrons. The highest BCUT2D eigenvalue weighted by Gasteiger charge is 2.37. The number of methoxy groups -OCH3 is 1. The van der Waals surface area contributed by atoms with Gasteiger partial charge in [0.2, 0.25) is 11.8 Å². The Hall–Kier alpha value is -1.14. The number of rotatable bonds is 7. The third-order valence-electron chi connectivity index (χ3n) is 4.90. The van der Waals surface area contributed by atoms with E-state index in [4.69, 9.17) is 4.74 Å². The van der Waals surface area contributed by atoms with Crippen molar-refractivity contribution in [1.82, 2.24) is 9.80 Å². The zero-order valence-corrected chi connectivity index (χ0v) is 13.6. The molecule has 1 N–H and O–H groups in total. The zero-order chi connectivity index (χ0) is 16.0. The molecular weight excluding hydrogens is 284 g/mol. The van der Waals surface area contributed by atoms with Crippen molar-refractivity contribution in [2.75, 3.05) is 46.5 Å². The van der Waals surface area contributed by atoms with Crippen LogP contribution in [0.15, 0.2) is 0 Å². The molecule has 126 valence electrons. The summed E-state index contributed by atoms with van der Waals surface area (Å²) in [5.41, 5.74) is -0.207. The highest BCUT2D eigenvalue weighted by atomic mass is 16.5. The molecule has 0 bridgehead atoms. The standard InChI is InChI=1S/C16H28N2O4/c1-22-10-4-7-16(13-19)6-3-9-18(12-16)15(21)11-17-8-2-5-14(17)20/h19H,2-13H2,1H3/t16-/m1/s1. The summed E-state index contributed by atoms with van der Waals surface area (Å²) in [6, 6.07) is 0. The van der Waals surface area contributed by atoms with Gasteiger partial charge >= 0.3 is 0 Å². The van der Waals surface area contributed by atoms with Crippen LogP contribution in [0.1, 0.15) is 38.5 Å².